The summed E-state index contributed by atoms with van der Waals surface area (Å²) in [5.41, 5.74) is 0.525. The lowest BCUT2D eigenvalue weighted by Gasteiger charge is -2.10. The van der Waals surface area contributed by atoms with Gasteiger partial charge in [0.05, 0.1) is 18.6 Å². The molecule has 12 nitrogen and oxygen atoms in total. The number of benzene rings is 1. The van der Waals surface area contributed by atoms with Crippen LogP contribution < -0.4 is 21.9 Å². The number of aryl methyl sites for hydroxylation is 2. The SMILES string of the molecule is Cn1cnc2c1c(=O)n(CC(=O)NCC(=O)Nc1ccc(-n3cccn3)cc1)c(=O)n2C. The summed E-state index contributed by atoms with van der Waals surface area (Å²) in [7, 11) is 3.09. The third kappa shape index (κ3) is 3.93. The normalized spacial score (nSPS) is 10.9. The fourth-order valence-electron chi connectivity index (χ4n) is 3.24. The molecule has 4 rings (SSSR count). The van der Waals surface area contributed by atoms with Crippen LogP contribution in [0.25, 0.3) is 16.9 Å². The van der Waals surface area contributed by atoms with E-state index in [1.54, 1.807) is 54.5 Å². The first-order valence-electron chi connectivity index (χ1n) is 9.62. The lowest BCUT2D eigenvalue weighted by molar-refractivity contribution is -0.124. The number of fused-ring (bicyclic) bond motifs is 1. The van der Waals surface area contributed by atoms with Gasteiger partial charge in [0.2, 0.25) is 11.8 Å². The van der Waals surface area contributed by atoms with Crippen molar-refractivity contribution in [3.05, 3.63) is 69.9 Å². The predicted molar refractivity (Wildman–Crippen MR) is 115 cm³/mol. The van der Waals surface area contributed by atoms with Crippen LogP contribution in [0.15, 0.2) is 58.6 Å². The molecule has 0 radical (unpaired) electrons. The van der Waals surface area contributed by atoms with Gasteiger partial charge >= 0.3 is 5.69 Å². The molecule has 3 heterocycles. The van der Waals surface area contributed by atoms with Gasteiger partial charge in [-0.15, -0.1) is 0 Å². The first kappa shape index (κ1) is 20.8. The van der Waals surface area contributed by atoms with Gasteiger partial charge < -0.3 is 15.2 Å². The van der Waals surface area contributed by atoms with Gasteiger partial charge in [-0.2, -0.15) is 5.10 Å². The van der Waals surface area contributed by atoms with Crippen LogP contribution in [0, 0.1) is 0 Å². The Morgan fingerprint density at radius 1 is 1.06 bits per heavy atom. The van der Waals surface area contributed by atoms with Gasteiger partial charge in [0.1, 0.15) is 6.54 Å². The molecule has 3 aromatic heterocycles. The Hall–Kier alpha value is -4.48. The number of nitrogens with zero attached hydrogens (tertiary/aromatic N) is 6. The average Bonchev–Trinajstić information content (AvgIpc) is 3.45. The van der Waals surface area contributed by atoms with Crippen molar-refractivity contribution in [3.63, 3.8) is 0 Å². The number of hydrogen-bond acceptors (Lipinski definition) is 6. The highest BCUT2D eigenvalue weighted by Gasteiger charge is 2.17. The zero-order chi connectivity index (χ0) is 22.8. The zero-order valence-electron chi connectivity index (χ0n) is 17.3. The van der Waals surface area contributed by atoms with Crippen LogP contribution in [0.2, 0.25) is 0 Å². The van der Waals surface area contributed by atoms with Crippen molar-refractivity contribution in [2.45, 2.75) is 6.54 Å². The van der Waals surface area contributed by atoms with E-state index in [1.165, 1.54) is 22.5 Å². The number of hydrogen-bond donors (Lipinski definition) is 2. The summed E-state index contributed by atoms with van der Waals surface area (Å²) in [6.07, 6.45) is 4.88. The van der Waals surface area contributed by atoms with Gasteiger partial charge in [-0.05, 0) is 30.3 Å². The molecule has 12 heteroatoms. The van der Waals surface area contributed by atoms with Crippen LogP contribution in [0.3, 0.4) is 0 Å². The molecule has 0 aliphatic heterocycles. The Labute approximate surface area is 180 Å². The molecule has 4 aromatic rings. The van der Waals surface area contributed by atoms with Crippen molar-refractivity contribution in [2.75, 3.05) is 11.9 Å². The summed E-state index contributed by atoms with van der Waals surface area (Å²) in [4.78, 5) is 53.6. The topological polar surface area (TPSA) is 138 Å². The zero-order valence-corrected chi connectivity index (χ0v) is 17.3. The molecular weight excluding hydrogens is 416 g/mol. The summed E-state index contributed by atoms with van der Waals surface area (Å²) in [6, 6.07) is 8.80. The molecule has 0 atom stereocenters. The molecule has 0 bridgehead atoms. The second-order valence-electron chi connectivity index (χ2n) is 7.08. The molecule has 0 aliphatic rings. The average molecular weight is 436 g/mol. The minimum absolute atomic E-state index is 0.205. The highest BCUT2D eigenvalue weighted by molar-refractivity contribution is 5.94. The monoisotopic (exact) mass is 436 g/mol. The summed E-state index contributed by atoms with van der Waals surface area (Å²) in [5, 5.41) is 9.21. The molecule has 2 amide bonds. The van der Waals surface area contributed by atoms with Gasteiger partial charge in [-0.1, -0.05) is 0 Å². The third-order valence-electron chi connectivity index (χ3n) is 4.87. The fourth-order valence-corrected chi connectivity index (χ4v) is 3.24. The number of carbonyl (C=O) groups is 2. The number of aromatic nitrogens is 6. The highest BCUT2D eigenvalue weighted by Crippen LogP contribution is 2.12. The van der Waals surface area contributed by atoms with Crippen LogP contribution in [0.1, 0.15) is 0 Å². The van der Waals surface area contributed by atoms with E-state index in [0.29, 0.717) is 5.69 Å². The lowest BCUT2D eigenvalue weighted by atomic mass is 10.3. The third-order valence-corrected chi connectivity index (χ3v) is 4.87. The van der Waals surface area contributed by atoms with Crippen molar-refractivity contribution < 1.29 is 9.59 Å². The summed E-state index contributed by atoms with van der Waals surface area (Å²) in [5.74, 6) is -1.09. The van der Waals surface area contributed by atoms with Gasteiger partial charge in [0, 0.05) is 32.2 Å². The molecular formula is C20H20N8O4. The maximum Gasteiger partial charge on any atom is 0.332 e. The van der Waals surface area contributed by atoms with Crippen LogP contribution in [0.5, 0.6) is 0 Å². The van der Waals surface area contributed by atoms with E-state index in [9.17, 15) is 19.2 Å². The van der Waals surface area contributed by atoms with Gasteiger partial charge in [-0.3, -0.25) is 19.0 Å². The van der Waals surface area contributed by atoms with Crippen molar-refractivity contribution in [3.8, 4) is 5.69 Å². The standard InChI is InChI=1S/C20H20N8O4/c1-25-12-22-18-17(25)19(31)27(20(32)26(18)2)11-16(30)21-10-15(29)24-13-4-6-14(7-5-13)28-9-3-8-23-28/h3-9,12H,10-11H2,1-2H3,(H,21,30)(H,24,29). The molecule has 0 saturated carbocycles. The minimum atomic E-state index is -0.668. The molecule has 0 unspecified atom stereocenters. The Morgan fingerprint density at radius 3 is 2.50 bits per heavy atom. The maximum atomic E-state index is 12.6. The molecule has 0 spiro atoms. The number of anilines is 1. The van der Waals surface area contributed by atoms with E-state index in [2.05, 4.69) is 20.7 Å². The Morgan fingerprint density at radius 2 is 1.81 bits per heavy atom. The summed E-state index contributed by atoms with van der Waals surface area (Å²) >= 11 is 0. The molecule has 2 N–H and O–H groups in total. The molecule has 0 saturated heterocycles. The second-order valence-corrected chi connectivity index (χ2v) is 7.08. The van der Waals surface area contributed by atoms with E-state index < -0.39 is 29.6 Å². The van der Waals surface area contributed by atoms with Crippen molar-refractivity contribution in [2.24, 2.45) is 14.1 Å². The summed E-state index contributed by atoms with van der Waals surface area (Å²) < 4.78 is 5.17. The molecule has 32 heavy (non-hydrogen) atoms. The number of nitrogens with one attached hydrogen (secondary N) is 2. The second kappa shape index (κ2) is 8.34. The molecule has 0 aliphatic carbocycles. The van der Waals surface area contributed by atoms with Crippen molar-refractivity contribution in [1.82, 2.24) is 33.8 Å². The predicted octanol–water partition coefficient (Wildman–Crippen LogP) is -0.626. The smallest absolute Gasteiger partial charge is 0.332 e. The molecule has 0 fully saturated rings. The first-order valence-corrected chi connectivity index (χ1v) is 9.62. The molecule has 164 valence electrons. The Bertz CT molecular complexity index is 1410. The van der Waals surface area contributed by atoms with E-state index >= 15 is 0 Å². The van der Waals surface area contributed by atoms with Gasteiger partial charge in [-0.25, -0.2) is 19.0 Å². The Kier molecular flexibility index (Phi) is 5.41. The molecule has 1 aromatic carbocycles. The summed E-state index contributed by atoms with van der Waals surface area (Å²) in [6.45, 7) is -0.832. The fraction of sp³-hybridized carbons (Fsp3) is 0.200. The van der Waals surface area contributed by atoms with E-state index in [4.69, 9.17) is 0 Å². The van der Waals surface area contributed by atoms with E-state index in [-0.39, 0.29) is 17.7 Å². The van der Waals surface area contributed by atoms with E-state index in [0.717, 1.165) is 10.3 Å². The Balaban J connectivity index is 1.38. The first-order chi connectivity index (χ1) is 15.3. The highest BCUT2D eigenvalue weighted by atomic mass is 16.2. The van der Waals surface area contributed by atoms with Crippen molar-refractivity contribution >= 4 is 28.7 Å². The minimum Gasteiger partial charge on any atom is -0.345 e. The maximum absolute atomic E-state index is 12.6. The van der Waals surface area contributed by atoms with Crippen LogP contribution in [0.4, 0.5) is 5.69 Å². The van der Waals surface area contributed by atoms with Crippen LogP contribution in [-0.4, -0.2) is 46.8 Å². The van der Waals surface area contributed by atoms with Crippen molar-refractivity contribution in [1.29, 1.82) is 0 Å². The quantitative estimate of drug-likeness (QED) is 0.413. The van der Waals surface area contributed by atoms with Gasteiger partial charge in [0.25, 0.3) is 5.56 Å². The van der Waals surface area contributed by atoms with Gasteiger partial charge in [0.15, 0.2) is 11.2 Å². The van der Waals surface area contributed by atoms with Crippen LogP contribution >= 0.6 is 0 Å². The number of amides is 2. The van der Waals surface area contributed by atoms with Crippen LogP contribution in [-0.2, 0) is 30.2 Å². The number of carbonyl (C=O) groups excluding carboxylic acids is 2. The number of imidazole rings is 1. The number of rotatable bonds is 6. The lowest BCUT2D eigenvalue weighted by Crippen LogP contribution is -2.44. The largest absolute Gasteiger partial charge is 0.345 e. The van der Waals surface area contributed by atoms with E-state index in [1.807, 2.05) is 0 Å².